The van der Waals surface area contributed by atoms with Gasteiger partial charge in [0.15, 0.2) is 17.4 Å². The first kappa shape index (κ1) is 15.3. The zero-order valence-electron chi connectivity index (χ0n) is 10.5. The third-order valence-corrected chi connectivity index (χ3v) is 2.51. The molecular formula is C12H14F3NO3. The summed E-state index contributed by atoms with van der Waals surface area (Å²) in [4.78, 5) is 11.7. The minimum atomic E-state index is -1.72. The zero-order valence-corrected chi connectivity index (χ0v) is 10.5. The molecule has 1 atom stereocenters. The van der Waals surface area contributed by atoms with Crippen LogP contribution in [0.4, 0.5) is 13.2 Å². The number of nitrogens with one attached hydrogen (secondary N) is 1. The van der Waals surface area contributed by atoms with Gasteiger partial charge < -0.3 is 15.2 Å². The van der Waals surface area contributed by atoms with E-state index in [9.17, 15) is 18.0 Å². The van der Waals surface area contributed by atoms with Gasteiger partial charge in [0.05, 0.1) is 5.56 Å². The Hall–Kier alpha value is -1.76. The predicted octanol–water partition coefficient (Wildman–Crippen LogP) is 1.96. The number of hydrogen-bond donors (Lipinski definition) is 2. The van der Waals surface area contributed by atoms with Gasteiger partial charge in [-0.1, -0.05) is 0 Å². The number of aromatic hydroxyl groups is 1. The second-order valence-electron chi connectivity index (χ2n) is 4.04. The van der Waals surface area contributed by atoms with Crippen molar-refractivity contribution in [2.75, 3.05) is 13.7 Å². The number of amides is 1. The van der Waals surface area contributed by atoms with Gasteiger partial charge in [-0.25, -0.2) is 8.78 Å². The summed E-state index contributed by atoms with van der Waals surface area (Å²) in [7, 11) is 1.49. The summed E-state index contributed by atoms with van der Waals surface area (Å²) in [5, 5.41) is 11.4. The lowest BCUT2D eigenvalue weighted by atomic mass is 10.1. The predicted molar refractivity (Wildman–Crippen MR) is 61.4 cm³/mol. The Morgan fingerprint density at radius 2 is 2.05 bits per heavy atom. The van der Waals surface area contributed by atoms with Crippen LogP contribution in [0.5, 0.6) is 5.75 Å². The Morgan fingerprint density at radius 3 is 2.63 bits per heavy atom. The number of carbonyl (C=O) groups excluding carboxylic acids is 1. The molecule has 0 aromatic heterocycles. The van der Waals surface area contributed by atoms with Crippen LogP contribution in [0.1, 0.15) is 23.7 Å². The van der Waals surface area contributed by atoms with E-state index in [4.69, 9.17) is 9.84 Å². The Morgan fingerprint density at radius 1 is 1.42 bits per heavy atom. The van der Waals surface area contributed by atoms with E-state index >= 15 is 0 Å². The second-order valence-corrected chi connectivity index (χ2v) is 4.04. The molecule has 0 radical (unpaired) electrons. The summed E-state index contributed by atoms with van der Waals surface area (Å²) in [5.74, 6) is -7.14. The van der Waals surface area contributed by atoms with Crippen LogP contribution < -0.4 is 5.32 Å². The number of carbonyl (C=O) groups is 1. The van der Waals surface area contributed by atoms with Crippen LogP contribution in [0.2, 0.25) is 0 Å². The maximum absolute atomic E-state index is 13.5. The van der Waals surface area contributed by atoms with E-state index in [0.717, 1.165) is 0 Å². The minimum absolute atomic E-state index is 0.345. The average molecular weight is 277 g/mol. The number of methoxy groups -OCH3 is 1. The van der Waals surface area contributed by atoms with Crippen molar-refractivity contribution in [3.05, 3.63) is 29.1 Å². The van der Waals surface area contributed by atoms with Crippen LogP contribution in [0.15, 0.2) is 6.07 Å². The molecule has 0 heterocycles. The number of phenolic OH excluding ortho intramolecular Hbond substituents is 1. The van der Waals surface area contributed by atoms with Crippen LogP contribution in [0, 0.1) is 17.5 Å². The van der Waals surface area contributed by atoms with Crippen molar-refractivity contribution in [3.8, 4) is 5.75 Å². The van der Waals surface area contributed by atoms with Gasteiger partial charge >= 0.3 is 0 Å². The average Bonchev–Trinajstić information content (AvgIpc) is 2.37. The fourth-order valence-electron chi connectivity index (χ4n) is 1.42. The second kappa shape index (κ2) is 6.42. The molecule has 0 bridgehead atoms. The number of halogens is 3. The van der Waals surface area contributed by atoms with E-state index in [2.05, 4.69) is 5.32 Å². The Kier molecular flexibility index (Phi) is 5.17. The quantitative estimate of drug-likeness (QED) is 0.809. The zero-order chi connectivity index (χ0) is 14.6. The molecular weight excluding hydrogens is 263 g/mol. The SMILES string of the molecule is COCC[C@@H](C)NC(=O)c1cc(F)c(F)c(O)c1F. The van der Waals surface area contributed by atoms with Crippen LogP contribution >= 0.6 is 0 Å². The van der Waals surface area contributed by atoms with Gasteiger partial charge in [0.2, 0.25) is 5.82 Å². The normalized spacial score (nSPS) is 12.3. The van der Waals surface area contributed by atoms with Crippen molar-refractivity contribution in [2.24, 2.45) is 0 Å². The van der Waals surface area contributed by atoms with E-state index in [1.807, 2.05) is 0 Å². The molecule has 0 spiro atoms. The van der Waals surface area contributed by atoms with Crippen LogP contribution in [0.25, 0.3) is 0 Å². The van der Waals surface area contributed by atoms with Crippen molar-refractivity contribution in [2.45, 2.75) is 19.4 Å². The maximum atomic E-state index is 13.5. The number of benzene rings is 1. The van der Waals surface area contributed by atoms with Gasteiger partial charge in [0.1, 0.15) is 0 Å². The van der Waals surface area contributed by atoms with Crippen molar-refractivity contribution < 1.29 is 27.8 Å². The molecule has 0 aliphatic rings. The summed E-state index contributed by atoms with van der Waals surface area (Å²) in [5.41, 5.74) is -0.749. The molecule has 4 nitrogen and oxygen atoms in total. The monoisotopic (exact) mass is 277 g/mol. The number of hydrogen-bond acceptors (Lipinski definition) is 3. The van der Waals surface area contributed by atoms with E-state index in [1.54, 1.807) is 6.92 Å². The number of rotatable bonds is 5. The van der Waals surface area contributed by atoms with E-state index in [-0.39, 0.29) is 6.04 Å². The van der Waals surface area contributed by atoms with E-state index < -0.39 is 34.7 Å². The van der Waals surface area contributed by atoms with Gasteiger partial charge in [-0.15, -0.1) is 0 Å². The first-order valence-corrected chi connectivity index (χ1v) is 5.54. The molecule has 1 amide bonds. The largest absolute Gasteiger partial charge is 0.503 e. The van der Waals surface area contributed by atoms with E-state index in [0.29, 0.717) is 19.1 Å². The molecule has 0 saturated heterocycles. The lowest BCUT2D eigenvalue weighted by Crippen LogP contribution is -2.34. The molecule has 19 heavy (non-hydrogen) atoms. The fraction of sp³-hybridized carbons (Fsp3) is 0.417. The highest BCUT2D eigenvalue weighted by molar-refractivity contribution is 5.95. The summed E-state index contributed by atoms with van der Waals surface area (Å²) in [6, 6.07) is 0.0602. The van der Waals surface area contributed by atoms with Gasteiger partial charge in [-0.3, -0.25) is 4.79 Å². The standard InChI is InChI=1S/C12H14F3NO3/c1-6(3-4-19-2)16-12(18)7-5-8(13)10(15)11(17)9(7)14/h5-6,17H,3-4H2,1-2H3,(H,16,18)/t6-/m1/s1. The Bertz CT molecular complexity index is 480. The minimum Gasteiger partial charge on any atom is -0.503 e. The highest BCUT2D eigenvalue weighted by Crippen LogP contribution is 2.25. The molecule has 106 valence electrons. The lowest BCUT2D eigenvalue weighted by Gasteiger charge is -2.14. The highest BCUT2D eigenvalue weighted by Gasteiger charge is 2.23. The molecule has 0 aliphatic carbocycles. The van der Waals surface area contributed by atoms with Crippen molar-refractivity contribution >= 4 is 5.91 Å². The molecule has 0 aliphatic heterocycles. The fourth-order valence-corrected chi connectivity index (χ4v) is 1.42. The van der Waals surface area contributed by atoms with Crippen LogP contribution in [-0.4, -0.2) is 30.8 Å². The smallest absolute Gasteiger partial charge is 0.254 e. The summed E-state index contributed by atoms with van der Waals surface area (Å²) in [6.45, 7) is 2.03. The summed E-state index contributed by atoms with van der Waals surface area (Å²) < 4.78 is 44.1. The van der Waals surface area contributed by atoms with Gasteiger partial charge in [-0.2, -0.15) is 4.39 Å². The van der Waals surface area contributed by atoms with Crippen molar-refractivity contribution in [3.63, 3.8) is 0 Å². The topological polar surface area (TPSA) is 58.6 Å². The third-order valence-electron chi connectivity index (χ3n) is 2.51. The van der Waals surface area contributed by atoms with Crippen LogP contribution in [-0.2, 0) is 4.74 Å². The molecule has 1 aromatic rings. The molecule has 0 unspecified atom stereocenters. The van der Waals surface area contributed by atoms with Gasteiger partial charge in [0.25, 0.3) is 5.91 Å². The first-order valence-electron chi connectivity index (χ1n) is 5.54. The molecule has 2 N–H and O–H groups in total. The summed E-state index contributed by atoms with van der Waals surface area (Å²) >= 11 is 0. The lowest BCUT2D eigenvalue weighted by molar-refractivity contribution is 0.0923. The molecule has 1 rings (SSSR count). The highest BCUT2D eigenvalue weighted by atomic mass is 19.2. The Labute approximate surface area is 108 Å². The number of phenols is 1. The Balaban J connectivity index is 2.89. The molecule has 0 fully saturated rings. The molecule has 7 heteroatoms. The van der Waals surface area contributed by atoms with Crippen molar-refractivity contribution in [1.82, 2.24) is 5.32 Å². The first-order chi connectivity index (χ1) is 8.88. The third kappa shape index (κ3) is 3.60. The van der Waals surface area contributed by atoms with Crippen LogP contribution in [0.3, 0.4) is 0 Å². The summed E-state index contributed by atoms with van der Waals surface area (Å²) in [6.07, 6.45) is 0.472. The van der Waals surface area contributed by atoms with Gasteiger partial charge in [-0.05, 0) is 19.4 Å². The molecule has 0 saturated carbocycles. The van der Waals surface area contributed by atoms with E-state index in [1.165, 1.54) is 7.11 Å². The number of ether oxygens (including phenoxy) is 1. The molecule has 1 aromatic carbocycles. The van der Waals surface area contributed by atoms with Crippen molar-refractivity contribution in [1.29, 1.82) is 0 Å². The maximum Gasteiger partial charge on any atom is 0.254 e. The van der Waals surface area contributed by atoms with Gasteiger partial charge in [0, 0.05) is 19.8 Å².